The topological polar surface area (TPSA) is 40.5 Å². The number of hydrogen-bond acceptors (Lipinski definition) is 4. The van der Waals surface area contributed by atoms with Crippen molar-refractivity contribution in [2.24, 2.45) is 0 Å². The third kappa shape index (κ3) is 4.41. The quantitative estimate of drug-likeness (QED) is 0.447. The number of carbonyl (C=O) groups excluding carboxylic acids is 1. The maximum Gasteiger partial charge on any atom is 0.270 e. The van der Waals surface area contributed by atoms with Gasteiger partial charge in [-0.1, -0.05) is 83.7 Å². The Labute approximate surface area is 182 Å². The van der Waals surface area contributed by atoms with E-state index in [0.29, 0.717) is 15.0 Å². The van der Waals surface area contributed by atoms with E-state index >= 15 is 0 Å². The average Bonchev–Trinajstić information content (AvgIpc) is 2.88. The van der Waals surface area contributed by atoms with Crippen LogP contribution in [0.4, 0.5) is 5.69 Å². The summed E-state index contributed by atoms with van der Waals surface area (Å²) < 4.78 is 0.526. The normalized spacial score (nSPS) is 16.8. The number of thiocarbonyl (C=S) groups is 1. The van der Waals surface area contributed by atoms with Crippen molar-refractivity contribution in [1.82, 2.24) is 0 Å². The monoisotopic (exact) mass is 425 g/mol. The molecule has 0 spiro atoms. The Hall–Kier alpha value is -2.11. The number of nitrogens with zero attached hydrogens (tertiary/aromatic N) is 1. The van der Waals surface area contributed by atoms with E-state index in [4.69, 9.17) is 12.2 Å². The second-order valence-corrected chi connectivity index (χ2v) is 11.0. The van der Waals surface area contributed by atoms with Crippen LogP contribution in [0.25, 0.3) is 6.08 Å². The average molecular weight is 426 g/mol. The van der Waals surface area contributed by atoms with Crippen molar-refractivity contribution in [1.29, 1.82) is 0 Å². The van der Waals surface area contributed by atoms with Crippen LogP contribution in [0.3, 0.4) is 0 Å². The van der Waals surface area contributed by atoms with Crippen LogP contribution >= 0.6 is 24.0 Å². The standard InChI is InChI=1S/C24H27NO2S2/c1-23(2,3)17-12-15(13-18(20(17)26)24(4,5)6)14-19-21(27)25(22(28)29-19)16-10-8-7-9-11-16/h7-14,26H,1-6H3/b19-14-. The number of para-hydroxylation sites is 1. The van der Waals surface area contributed by atoms with Gasteiger partial charge in [0, 0.05) is 11.1 Å². The lowest BCUT2D eigenvalue weighted by Gasteiger charge is -2.28. The molecule has 0 unspecified atom stereocenters. The van der Waals surface area contributed by atoms with Crippen molar-refractivity contribution >= 4 is 46.0 Å². The van der Waals surface area contributed by atoms with Gasteiger partial charge < -0.3 is 5.11 Å². The molecule has 1 saturated heterocycles. The summed E-state index contributed by atoms with van der Waals surface area (Å²) in [5.41, 5.74) is 2.96. The molecule has 1 aliphatic rings. The number of thioether (sulfide) groups is 1. The summed E-state index contributed by atoms with van der Waals surface area (Å²) in [5, 5.41) is 10.9. The van der Waals surface area contributed by atoms with Gasteiger partial charge in [0.25, 0.3) is 5.91 Å². The van der Waals surface area contributed by atoms with Crippen LogP contribution in [0, 0.1) is 0 Å². The highest BCUT2D eigenvalue weighted by atomic mass is 32.2. The van der Waals surface area contributed by atoms with Crippen molar-refractivity contribution in [3.8, 4) is 5.75 Å². The Kier molecular flexibility index (Phi) is 5.67. The molecule has 1 aliphatic heterocycles. The molecule has 0 aliphatic carbocycles. The van der Waals surface area contributed by atoms with Crippen LogP contribution in [-0.4, -0.2) is 15.3 Å². The summed E-state index contributed by atoms with van der Waals surface area (Å²) >= 11 is 6.78. The van der Waals surface area contributed by atoms with Gasteiger partial charge in [0.1, 0.15) is 5.75 Å². The van der Waals surface area contributed by atoms with Crippen molar-refractivity contribution in [3.05, 3.63) is 64.1 Å². The number of aromatic hydroxyl groups is 1. The molecule has 2 aromatic rings. The fourth-order valence-corrected chi connectivity index (χ4v) is 4.60. The molecule has 0 radical (unpaired) electrons. The SMILES string of the molecule is CC(C)(C)c1cc(/C=C2\SC(=S)N(c3ccccc3)C2=O)cc(C(C)(C)C)c1O. The summed E-state index contributed by atoms with van der Waals surface area (Å²) in [5.74, 6) is 0.216. The zero-order valence-electron chi connectivity index (χ0n) is 17.7. The minimum atomic E-state index is -0.225. The first-order valence-corrected chi connectivity index (χ1v) is 10.8. The number of hydrogen-bond donors (Lipinski definition) is 1. The Morgan fingerprint density at radius 2 is 1.48 bits per heavy atom. The highest BCUT2D eigenvalue weighted by Gasteiger charge is 2.33. The molecule has 1 heterocycles. The second-order valence-electron chi connectivity index (χ2n) is 9.32. The lowest BCUT2D eigenvalue weighted by atomic mass is 9.78. The molecule has 0 aromatic heterocycles. The summed E-state index contributed by atoms with van der Waals surface area (Å²) in [4.78, 5) is 15.2. The molecule has 1 amide bonds. The van der Waals surface area contributed by atoms with Crippen LogP contribution in [0.15, 0.2) is 47.4 Å². The van der Waals surface area contributed by atoms with Gasteiger partial charge in [0.15, 0.2) is 4.32 Å². The zero-order chi connectivity index (χ0) is 21.6. The Bertz CT molecular complexity index is 961. The maximum absolute atomic E-state index is 13.1. The van der Waals surface area contributed by atoms with E-state index < -0.39 is 0 Å². The smallest absolute Gasteiger partial charge is 0.270 e. The van der Waals surface area contributed by atoms with Gasteiger partial charge in [-0.25, -0.2) is 0 Å². The lowest BCUT2D eigenvalue weighted by molar-refractivity contribution is -0.113. The van der Waals surface area contributed by atoms with Gasteiger partial charge in [-0.05, 0) is 46.7 Å². The molecule has 0 bridgehead atoms. The van der Waals surface area contributed by atoms with Gasteiger partial charge in [0.2, 0.25) is 0 Å². The van der Waals surface area contributed by atoms with Crippen molar-refractivity contribution < 1.29 is 9.90 Å². The summed E-state index contributed by atoms with van der Waals surface area (Å²) in [6, 6.07) is 13.4. The van der Waals surface area contributed by atoms with Gasteiger partial charge in [0.05, 0.1) is 10.6 Å². The number of phenols is 1. The van der Waals surface area contributed by atoms with E-state index in [2.05, 4.69) is 41.5 Å². The number of benzene rings is 2. The molecule has 29 heavy (non-hydrogen) atoms. The van der Waals surface area contributed by atoms with Crippen molar-refractivity contribution in [2.45, 2.75) is 52.4 Å². The number of carbonyl (C=O) groups is 1. The van der Waals surface area contributed by atoms with Gasteiger partial charge in [-0.2, -0.15) is 0 Å². The van der Waals surface area contributed by atoms with Crippen molar-refractivity contribution in [2.75, 3.05) is 4.90 Å². The molecule has 0 saturated carbocycles. The molecular weight excluding hydrogens is 398 g/mol. The summed E-state index contributed by atoms with van der Waals surface area (Å²) in [6.45, 7) is 12.5. The molecule has 0 atom stereocenters. The maximum atomic E-state index is 13.1. The third-order valence-electron chi connectivity index (χ3n) is 4.85. The van der Waals surface area contributed by atoms with Crippen molar-refractivity contribution in [3.63, 3.8) is 0 Å². The fraction of sp³-hybridized carbons (Fsp3) is 0.333. The van der Waals surface area contributed by atoms with Crippen LogP contribution in [-0.2, 0) is 15.6 Å². The predicted octanol–water partition coefficient (Wildman–Crippen LogP) is 6.39. The zero-order valence-corrected chi connectivity index (χ0v) is 19.4. The largest absolute Gasteiger partial charge is 0.507 e. The Balaban J connectivity index is 2.09. The predicted molar refractivity (Wildman–Crippen MR) is 128 cm³/mol. The van der Waals surface area contributed by atoms with Gasteiger partial charge in [-0.3, -0.25) is 9.69 Å². The molecular formula is C24H27NO2S2. The first-order chi connectivity index (χ1) is 13.4. The van der Waals surface area contributed by atoms with E-state index in [1.165, 1.54) is 11.8 Å². The van der Waals surface area contributed by atoms with Crippen LogP contribution < -0.4 is 4.90 Å². The molecule has 5 heteroatoms. The van der Waals surface area contributed by atoms with Gasteiger partial charge in [-0.15, -0.1) is 0 Å². The van der Waals surface area contributed by atoms with Crippen LogP contribution in [0.2, 0.25) is 0 Å². The summed E-state index contributed by atoms with van der Waals surface area (Å²) in [7, 11) is 0. The number of amides is 1. The van der Waals surface area contributed by atoms with E-state index in [9.17, 15) is 9.90 Å². The van der Waals surface area contributed by atoms with Crippen LogP contribution in [0.1, 0.15) is 58.2 Å². The van der Waals surface area contributed by atoms with Crippen LogP contribution in [0.5, 0.6) is 5.75 Å². The minimum Gasteiger partial charge on any atom is -0.507 e. The van der Waals surface area contributed by atoms with Gasteiger partial charge >= 0.3 is 0 Å². The number of anilines is 1. The van der Waals surface area contributed by atoms with E-state index in [-0.39, 0.29) is 16.7 Å². The van der Waals surface area contributed by atoms with E-state index in [1.54, 1.807) is 4.90 Å². The van der Waals surface area contributed by atoms with E-state index in [1.807, 2.05) is 48.5 Å². The third-order valence-corrected chi connectivity index (χ3v) is 6.16. The number of rotatable bonds is 2. The Morgan fingerprint density at radius 1 is 0.966 bits per heavy atom. The first kappa shape index (κ1) is 21.6. The molecule has 2 aromatic carbocycles. The molecule has 3 rings (SSSR count). The minimum absolute atomic E-state index is 0.117. The highest BCUT2D eigenvalue weighted by Crippen LogP contribution is 2.41. The second kappa shape index (κ2) is 7.62. The lowest BCUT2D eigenvalue weighted by Crippen LogP contribution is -2.27. The Morgan fingerprint density at radius 3 is 1.97 bits per heavy atom. The highest BCUT2D eigenvalue weighted by molar-refractivity contribution is 8.27. The summed E-state index contributed by atoms with van der Waals surface area (Å²) in [6.07, 6.45) is 1.88. The molecule has 152 valence electrons. The molecule has 1 N–H and O–H groups in total. The number of phenolic OH excluding ortho intramolecular Hbond substituents is 1. The molecule has 3 nitrogen and oxygen atoms in total. The molecule has 1 fully saturated rings. The van der Waals surface area contributed by atoms with E-state index in [0.717, 1.165) is 22.4 Å². The fourth-order valence-electron chi connectivity index (χ4n) is 3.30. The first-order valence-electron chi connectivity index (χ1n) is 9.60.